The topological polar surface area (TPSA) is 0 Å². The van der Waals surface area contributed by atoms with Gasteiger partial charge in [-0.1, -0.05) is 158 Å². The minimum absolute atomic E-state index is 1.23. The predicted molar refractivity (Wildman–Crippen MR) is 239 cm³/mol. The molecule has 2 heterocycles. The Labute approximate surface area is 319 Å². The highest BCUT2D eigenvalue weighted by Gasteiger charge is 2.20. The summed E-state index contributed by atoms with van der Waals surface area (Å²) in [5.41, 5.74) is 7.61. The average molecular weight is 719 g/mol. The van der Waals surface area contributed by atoms with Gasteiger partial charge in [0.05, 0.1) is 0 Å². The van der Waals surface area contributed by atoms with Gasteiger partial charge in [0.1, 0.15) is 0 Å². The lowest BCUT2D eigenvalue weighted by atomic mass is 9.84. The van der Waals surface area contributed by atoms with Crippen LogP contribution in [0.15, 0.2) is 182 Å². The van der Waals surface area contributed by atoms with Crippen LogP contribution in [0.3, 0.4) is 0 Å². The van der Waals surface area contributed by atoms with E-state index < -0.39 is 0 Å². The number of benzene rings is 10. The smallest absolute Gasteiger partial charge is 0.0368 e. The Hall–Kier alpha value is -6.32. The van der Waals surface area contributed by atoms with Crippen LogP contribution < -0.4 is 0 Å². The first-order chi connectivity index (χ1) is 26.8. The zero-order valence-electron chi connectivity index (χ0n) is 29.1. The monoisotopic (exact) mass is 718 g/mol. The van der Waals surface area contributed by atoms with Crippen LogP contribution in [-0.4, -0.2) is 0 Å². The fraction of sp³-hybridized carbons (Fsp3) is 0. The van der Waals surface area contributed by atoms with Crippen molar-refractivity contribution in [3.63, 3.8) is 0 Å². The molecule has 0 atom stereocenters. The van der Waals surface area contributed by atoms with E-state index in [1.165, 1.54) is 117 Å². The normalized spacial score (nSPS) is 12.1. The molecule has 12 aromatic rings. The van der Waals surface area contributed by atoms with Gasteiger partial charge < -0.3 is 0 Å². The molecule has 0 aliphatic heterocycles. The highest BCUT2D eigenvalue weighted by atomic mass is 32.1. The van der Waals surface area contributed by atoms with E-state index in [-0.39, 0.29) is 0 Å². The summed E-state index contributed by atoms with van der Waals surface area (Å²) in [6, 6.07) is 67.7. The van der Waals surface area contributed by atoms with E-state index in [1.807, 2.05) is 22.7 Å². The Morgan fingerprint density at radius 1 is 0.259 bits per heavy atom. The van der Waals surface area contributed by atoms with Gasteiger partial charge in [0.15, 0.2) is 0 Å². The molecule has 2 aromatic heterocycles. The van der Waals surface area contributed by atoms with Crippen molar-refractivity contribution in [2.75, 3.05) is 0 Å². The van der Waals surface area contributed by atoms with E-state index in [0.717, 1.165) is 0 Å². The zero-order chi connectivity index (χ0) is 35.3. The van der Waals surface area contributed by atoms with Crippen molar-refractivity contribution in [1.82, 2.24) is 0 Å². The predicted octanol–water partition coefficient (Wildman–Crippen LogP) is 16.0. The molecule has 0 bridgehead atoms. The first-order valence-corrected chi connectivity index (χ1v) is 20.1. The summed E-state index contributed by atoms with van der Waals surface area (Å²) >= 11 is 3.82. The summed E-state index contributed by atoms with van der Waals surface area (Å²) in [6.07, 6.45) is 0. The molecule has 0 aliphatic carbocycles. The molecule has 0 saturated carbocycles. The van der Waals surface area contributed by atoms with Crippen LogP contribution in [0.1, 0.15) is 0 Å². The standard InChI is InChI=1S/C52H30S2/c1-2-14-34-31(12-1)13-11-22-36(34)49-40-19-7-5-17-38(40)48(39-18-6-8-20-41(39)49)33-26-24-32(25-27-33)43-30-47-50(37-16-4-3-15-35(37)43)52-46(54-47)29-28-45-51(52)42-21-9-10-23-44(42)53-45/h1-30H. The zero-order valence-corrected chi connectivity index (χ0v) is 30.8. The van der Waals surface area contributed by atoms with E-state index in [1.54, 1.807) is 0 Å². The summed E-state index contributed by atoms with van der Waals surface area (Å²) in [5.74, 6) is 0. The molecule has 0 fully saturated rings. The van der Waals surface area contributed by atoms with Crippen LogP contribution >= 0.6 is 22.7 Å². The summed E-state index contributed by atoms with van der Waals surface area (Å²) in [6.45, 7) is 0. The molecule has 0 unspecified atom stereocenters. The van der Waals surface area contributed by atoms with Crippen LogP contribution in [0.4, 0.5) is 0 Å². The van der Waals surface area contributed by atoms with Crippen LogP contribution in [0.2, 0.25) is 0 Å². The molecule has 54 heavy (non-hydrogen) atoms. The lowest BCUT2D eigenvalue weighted by Crippen LogP contribution is -1.91. The van der Waals surface area contributed by atoms with Crippen molar-refractivity contribution in [1.29, 1.82) is 0 Å². The molecule has 0 spiro atoms. The number of fused-ring (bicyclic) bond motifs is 12. The van der Waals surface area contributed by atoms with Crippen LogP contribution in [-0.2, 0) is 0 Å². The summed E-state index contributed by atoms with van der Waals surface area (Å²) in [4.78, 5) is 0. The van der Waals surface area contributed by atoms with E-state index in [4.69, 9.17) is 0 Å². The van der Waals surface area contributed by atoms with Crippen LogP contribution in [0.5, 0.6) is 0 Å². The summed E-state index contributed by atoms with van der Waals surface area (Å²) < 4.78 is 5.40. The van der Waals surface area contributed by atoms with Gasteiger partial charge >= 0.3 is 0 Å². The third kappa shape index (κ3) is 4.30. The van der Waals surface area contributed by atoms with Gasteiger partial charge in [-0.2, -0.15) is 0 Å². The molecule has 12 rings (SSSR count). The second kappa shape index (κ2) is 11.6. The van der Waals surface area contributed by atoms with Gasteiger partial charge in [-0.25, -0.2) is 0 Å². The minimum atomic E-state index is 1.23. The third-order valence-electron chi connectivity index (χ3n) is 11.5. The van der Waals surface area contributed by atoms with Crippen molar-refractivity contribution in [2.45, 2.75) is 0 Å². The molecule has 0 aliphatic rings. The van der Waals surface area contributed by atoms with E-state index in [9.17, 15) is 0 Å². The van der Waals surface area contributed by atoms with E-state index in [0.29, 0.717) is 0 Å². The molecule has 10 aromatic carbocycles. The van der Waals surface area contributed by atoms with Gasteiger partial charge in [-0.3, -0.25) is 0 Å². The molecular formula is C52H30S2. The Morgan fingerprint density at radius 3 is 1.48 bits per heavy atom. The highest BCUT2D eigenvalue weighted by molar-refractivity contribution is 7.28. The van der Waals surface area contributed by atoms with Gasteiger partial charge in [0.25, 0.3) is 0 Å². The molecule has 0 N–H and O–H groups in total. The van der Waals surface area contributed by atoms with Crippen molar-refractivity contribution < 1.29 is 0 Å². The maximum atomic E-state index is 2.45. The Kier molecular flexibility index (Phi) is 6.48. The van der Waals surface area contributed by atoms with Crippen molar-refractivity contribution in [2.24, 2.45) is 0 Å². The van der Waals surface area contributed by atoms with E-state index in [2.05, 4.69) is 182 Å². The lowest BCUT2D eigenvalue weighted by molar-refractivity contribution is 1.65. The quantitative estimate of drug-likeness (QED) is 0.160. The Morgan fingerprint density at radius 2 is 0.759 bits per heavy atom. The average Bonchev–Trinajstić information content (AvgIpc) is 3.81. The Bertz CT molecular complexity index is 3430. The molecule has 0 amide bonds. The summed E-state index contributed by atoms with van der Waals surface area (Å²) in [7, 11) is 0. The van der Waals surface area contributed by atoms with Gasteiger partial charge in [-0.05, 0) is 101 Å². The van der Waals surface area contributed by atoms with Crippen LogP contribution in [0, 0.1) is 0 Å². The first kappa shape index (κ1) is 30.2. The van der Waals surface area contributed by atoms with Crippen molar-refractivity contribution >= 4 is 106 Å². The molecule has 0 radical (unpaired) electrons. The van der Waals surface area contributed by atoms with Crippen molar-refractivity contribution in [3.8, 4) is 33.4 Å². The largest absolute Gasteiger partial charge is 0.135 e. The maximum absolute atomic E-state index is 2.45. The second-order valence-corrected chi connectivity index (χ2v) is 16.5. The van der Waals surface area contributed by atoms with Gasteiger partial charge in [0.2, 0.25) is 0 Å². The van der Waals surface area contributed by atoms with Crippen molar-refractivity contribution in [3.05, 3.63) is 182 Å². The molecular weight excluding hydrogens is 689 g/mol. The minimum Gasteiger partial charge on any atom is -0.135 e. The van der Waals surface area contributed by atoms with Gasteiger partial charge in [-0.15, -0.1) is 22.7 Å². The third-order valence-corrected chi connectivity index (χ3v) is 13.7. The fourth-order valence-corrected chi connectivity index (χ4v) is 11.4. The Balaban J connectivity index is 1.07. The number of thiophene rings is 2. The summed E-state index contributed by atoms with van der Waals surface area (Å²) in [5, 5.41) is 15.8. The van der Waals surface area contributed by atoms with E-state index >= 15 is 0 Å². The SMILES string of the molecule is c1ccc2c(-c3c4ccccc4c(-c4ccc(-c5cc6sc7ccc8sc9ccccc9c8c7c6c6ccccc56)cc4)c4ccccc34)cccc2c1. The second-order valence-electron chi connectivity index (χ2n) is 14.3. The number of hydrogen-bond donors (Lipinski definition) is 0. The first-order valence-electron chi connectivity index (χ1n) is 18.5. The van der Waals surface area contributed by atoms with Crippen LogP contribution in [0.25, 0.3) is 117 Å². The maximum Gasteiger partial charge on any atom is 0.0368 e. The molecule has 2 heteroatoms. The molecule has 0 saturated heterocycles. The molecule has 250 valence electrons. The lowest BCUT2D eigenvalue weighted by Gasteiger charge is -2.19. The highest BCUT2D eigenvalue weighted by Crippen LogP contribution is 2.49. The number of rotatable bonds is 3. The molecule has 0 nitrogen and oxygen atoms in total. The fourth-order valence-electron chi connectivity index (χ4n) is 9.17. The van der Waals surface area contributed by atoms with Gasteiger partial charge in [0, 0.05) is 40.3 Å². The number of hydrogen-bond acceptors (Lipinski definition) is 2.